The Bertz CT molecular complexity index is 754. The van der Waals surface area contributed by atoms with Gasteiger partial charge in [0.2, 0.25) is 10.0 Å². The van der Waals surface area contributed by atoms with Gasteiger partial charge in [0.1, 0.15) is 11.7 Å². The van der Waals surface area contributed by atoms with Crippen LogP contribution in [0.4, 0.5) is 4.79 Å². The standard InChI is InChI=1S/C16H21N3O4S/c1-16(2,3)23-15(20)18-8-10-19(11-9-18)24(21,22)14-7-5-4-6-13(14)12-17/h4-7H,8-11H2,1-3H3. The maximum absolute atomic E-state index is 12.7. The van der Waals surface area contributed by atoms with Crippen LogP contribution in [-0.2, 0) is 14.8 Å². The lowest BCUT2D eigenvalue weighted by molar-refractivity contribution is 0.0192. The molecule has 1 heterocycles. The van der Waals surface area contributed by atoms with Gasteiger partial charge in [-0.2, -0.15) is 9.57 Å². The molecule has 2 rings (SSSR count). The molecule has 0 atom stereocenters. The smallest absolute Gasteiger partial charge is 0.410 e. The van der Waals surface area contributed by atoms with Crippen molar-refractivity contribution < 1.29 is 17.9 Å². The SMILES string of the molecule is CC(C)(C)OC(=O)N1CCN(S(=O)(=O)c2ccccc2C#N)CC1. The summed E-state index contributed by atoms with van der Waals surface area (Å²) in [6.45, 7) is 6.19. The molecule has 1 amide bonds. The number of hydrogen-bond acceptors (Lipinski definition) is 5. The van der Waals surface area contributed by atoms with Gasteiger partial charge < -0.3 is 9.64 Å². The molecule has 1 aliphatic heterocycles. The first-order valence-corrected chi connectivity index (χ1v) is 9.06. The molecule has 0 bridgehead atoms. The van der Waals surface area contributed by atoms with Crippen LogP contribution in [0.2, 0.25) is 0 Å². The summed E-state index contributed by atoms with van der Waals surface area (Å²) in [6, 6.07) is 8.01. The highest BCUT2D eigenvalue weighted by Crippen LogP contribution is 2.21. The molecular formula is C16H21N3O4S. The van der Waals surface area contributed by atoms with Gasteiger partial charge in [-0.25, -0.2) is 13.2 Å². The lowest BCUT2D eigenvalue weighted by atomic mass is 10.2. The Morgan fingerprint density at radius 1 is 1.17 bits per heavy atom. The van der Waals surface area contributed by atoms with Crippen molar-refractivity contribution in [1.29, 1.82) is 5.26 Å². The molecule has 24 heavy (non-hydrogen) atoms. The maximum Gasteiger partial charge on any atom is 0.410 e. The Balaban J connectivity index is 2.09. The number of amides is 1. The Morgan fingerprint density at radius 3 is 2.29 bits per heavy atom. The molecule has 0 aliphatic carbocycles. The van der Waals surface area contributed by atoms with E-state index >= 15 is 0 Å². The molecule has 7 nitrogen and oxygen atoms in total. The topological polar surface area (TPSA) is 90.7 Å². The molecule has 0 aromatic heterocycles. The van der Waals surface area contributed by atoms with Gasteiger partial charge in [0.05, 0.1) is 10.5 Å². The number of piperazine rings is 1. The quantitative estimate of drug-likeness (QED) is 0.810. The van der Waals surface area contributed by atoms with Crippen molar-refractivity contribution in [2.24, 2.45) is 0 Å². The van der Waals surface area contributed by atoms with E-state index < -0.39 is 21.7 Å². The zero-order valence-corrected chi connectivity index (χ0v) is 14.8. The molecule has 0 N–H and O–H groups in total. The zero-order chi connectivity index (χ0) is 18.0. The van der Waals surface area contributed by atoms with E-state index in [1.807, 2.05) is 6.07 Å². The zero-order valence-electron chi connectivity index (χ0n) is 14.0. The van der Waals surface area contributed by atoms with Crippen LogP contribution in [0.3, 0.4) is 0 Å². The number of carbonyl (C=O) groups is 1. The number of nitrogens with zero attached hydrogens (tertiary/aromatic N) is 3. The first-order valence-electron chi connectivity index (χ1n) is 7.62. The second-order valence-corrected chi connectivity index (χ2v) is 8.39. The summed E-state index contributed by atoms with van der Waals surface area (Å²) in [5, 5.41) is 9.10. The third kappa shape index (κ3) is 4.04. The van der Waals surface area contributed by atoms with Crippen molar-refractivity contribution in [2.75, 3.05) is 26.2 Å². The van der Waals surface area contributed by atoms with E-state index in [1.165, 1.54) is 21.3 Å². The van der Waals surface area contributed by atoms with Gasteiger partial charge in [0.25, 0.3) is 0 Å². The van der Waals surface area contributed by atoms with Crippen molar-refractivity contribution in [3.05, 3.63) is 29.8 Å². The van der Waals surface area contributed by atoms with Crippen LogP contribution in [0.25, 0.3) is 0 Å². The van der Waals surface area contributed by atoms with Gasteiger partial charge in [-0.05, 0) is 32.9 Å². The minimum absolute atomic E-state index is 0.00165. The van der Waals surface area contributed by atoms with Crippen molar-refractivity contribution in [3.8, 4) is 6.07 Å². The monoisotopic (exact) mass is 351 g/mol. The van der Waals surface area contributed by atoms with Crippen LogP contribution < -0.4 is 0 Å². The molecule has 1 aromatic rings. The van der Waals surface area contributed by atoms with Gasteiger partial charge in [0.15, 0.2) is 0 Å². The van der Waals surface area contributed by atoms with E-state index in [1.54, 1.807) is 32.9 Å². The largest absolute Gasteiger partial charge is 0.444 e. The highest BCUT2D eigenvalue weighted by Gasteiger charge is 2.32. The fraction of sp³-hybridized carbons (Fsp3) is 0.500. The van der Waals surface area contributed by atoms with E-state index in [9.17, 15) is 13.2 Å². The second kappa shape index (κ2) is 6.79. The number of ether oxygens (including phenoxy) is 1. The molecule has 0 radical (unpaired) electrons. The molecule has 1 fully saturated rings. The Morgan fingerprint density at radius 2 is 1.75 bits per heavy atom. The molecule has 130 valence electrons. The summed E-state index contributed by atoms with van der Waals surface area (Å²) < 4.78 is 32.0. The van der Waals surface area contributed by atoms with Crippen LogP contribution in [0.5, 0.6) is 0 Å². The molecule has 0 unspecified atom stereocenters. The average Bonchev–Trinajstić information content (AvgIpc) is 2.53. The third-order valence-electron chi connectivity index (χ3n) is 3.52. The van der Waals surface area contributed by atoms with Gasteiger partial charge in [0, 0.05) is 26.2 Å². The fourth-order valence-corrected chi connectivity index (χ4v) is 3.92. The van der Waals surface area contributed by atoms with E-state index in [4.69, 9.17) is 10.00 Å². The highest BCUT2D eigenvalue weighted by molar-refractivity contribution is 7.89. The summed E-state index contributed by atoms with van der Waals surface area (Å²) in [5.74, 6) is 0. The fourth-order valence-electron chi connectivity index (χ4n) is 2.36. The number of carbonyl (C=O) groups excluding carboxylic acids is 1. The summed E-state index contributed by atoms with van der Waals surface area (Å²) in [5.41, 5.74) is -0.474. The van der Waals surface area contributed by atoms with Crippen molar-refractivity contribution in [3.63, 3.8) is 0 Å². The highest BCUT2D eigenvalue weighted by atomic mass is 32.2. The molecular weight excluding hydrogens is 330 g/mol. The minimum Gasteiger partial charge on any atom is -0.444 e. The number of nitriles is 1. The molecule has 0 saturated carbocycles. The second-order valence-electron chi connectivity index (χ2n) is 6.48. The van der Waals surface area contributed by atoms with Gasteiger partial charge in [-0.3, -0.25) is 0 Å². The summed E-state index contributed by atoms with van der Waals surface area (Å²) in [7, 11) is -3.76. The van der Waals surface area contributed by atoms with E-state index in [-0.39, 0.29) is 36.6 Å². The molecule has 0 spiro atoms. The summed E-state index contributed by atoms with van der Waals surface area (Å²) in [4.78, 5) is 13.5. The molecule has 8 heteroatoms. The van der Waals surface area contributed by atoms with Crippen molar-refractivity contribution in [1.82, 2.24) is 9.21 Å². The third-order valence-corrected chi connectivity index (χ3v) is 5.47. The first kappa shape index (κ1) is 18.2. The molecule has 1 aromatic carbocycles. The van der Waals surface area contributed by atoms with E-state index in [2.05, 4.69) is 0 Å². The Hall–Kier alpha value is -2.11. The average molecular weight is 351 g/mol. The van der Waals surface area contributed by atoms with Crippen molar-refractivity contribution >= 4 is 16.1 Å². The Labute approximate surface area is 142 Å². The molecule has 1 saturated heterocycles. The predicted octanol–water partition coefficient (Wildman–Crippen LogP) is 1.80. The summed E-state index contributed by atoms with van der Waals surface area (Å²) in [6.07, 6.45) is -0.447. The Kier molecular flexibility index (Phi) is 5.16. The van der Waals surface area contributed by atoms with Crippen LogP contribution in [-0.4, -0.2) is 55.5 Å². The lowest BCUT2D eigenvalue weighted by Crippen LogP contribution is -2.51. The van der Waals surface area contributed by atoms with Gasteiger partial charge >= 0.3 is 6.09 Å². The summed E-state index contributed by atoms with van der Waals surface area (Å²) >= 11 is 0. The minimum atomic E-state index is -3.76. The number of hydrogen-bond donors (Lipinski definition) is 0. The first-order chi connectivity index (χ1) is 11.1. The number of rotatable bonds is 2. The maximum atomic E-state index is 12.7. The van der Waals surface area contributed by atoms with Crippen LogP contribution in [0.1, 0.15) is 26.3 Å². The predicted molar refractivity (Wildman–Crippen MR) is 87.7 cm³/mol. The van der Waals surface area contributed by atoms with Crippen molar-refractivity contribution in [2.45, 2.75) is 31.3 Å². The van der Waals surface area contributed by atoms with Crippen LogP contribution in [0.15, 0.2) is 29.2 Å². The molecule has 1 aliphatic rings. The normalized spacial score (nSPS) is 16.5. The van der Waals surface area contributed by atoms with E-state index in [0.29, 0.717) is 0 Å². The van der Waals surface area contributed by atoms with E-state index in [0.717, 1.165) is 0 Å². The lowest BCUT2D eigenvalue weighted by Gasteiger charge is -2.35. The van der Waals surface area contributed by atoms with Crippen LogP contribution in [0, 0.1) is 11.3 Å². The van der Waals surface area contributed by atoms with Crippen LogP contribution >= 0.6 is 0 Å². The van der Waals surface area contributed by atoms with Gasteiger partial charge in [-0.1, -0.05) is 12.1 Å². The number of benzene rings is 1. The van der Waals surface area contributed by atoms with Gasteiger partial charge in [-0.15, -0.1) is 0 Å². The number of sulfonamides is 1.